The number of methoxy groups -OCH3 is 1. The van der Waals surface area contributed by atoms with Crippen molar-refractivity contribution < 1.29 is 14.3 Å². The van der Waals surface area contributed by atoms with Crippen molar-refractivity contribution in [3.05, 3.63) is 54.1 Å². The van der Waals surface area contributed by atoms with Crippen LogP contribution in [0.15, 0.2) is 57.9 Å². The Morgan fingerprint density at radius 2 is 1.83 bits per heavy atom. The minimum absolute atomic E-state index is 0.136. The van der Waals surface area contributed by atoms with Gasteiger partial charge in [-0.2, -0.15) is 4.99 Å². The first kappa shape index (κ1) is 14.8. The van der Waals surface area contributed by atoms with E-state index in [-0.39, 0.29) is 11.8 Å². The SMILES string of the molecule is COc1ccc(-c2nnc(N=C(C)c3ccccc3O)o2)cc1. The topological polar surface area (TPSA) is 80.7 Å². The smallest absolute Gasteiger partial charge is 0.342 e. The third-order valence-corrected chi connectivity index (χ3v) is 3.31. The average Bonchev–Trinajstić information content (AvgIpc) is 3.03. The minimum atomic E-state index is 0.136. The lowest BCUT2D eigenvalue weighted by atomic mass is 10.1. The van der Waals surface area contributed by atoms with Crippen molar-refractivity contribution in [3.63, 3.8) is 0 Å². The van der Waals surface area contributed by atoms with Crippen molar-refractivity contribution in [3.8, 4) is 23.0 Å². The Labute approximate surface area is 133 Å². The molecule has 3 aromatic rings. The number of hydrogen-bond acceptors (Lipinski definition) is 6. The highest BCUT2D eigenvalue weighted by molar-refractivity contribution is 6.01. The second-order valence-electron chi connectivity index (χ2n) is 4.83. The van der Waals surface area contributed by atoms with E-state index < -0.39 is 0 Å². The molecule has 0 bridgehead atoms. The van der Waals surface area contributed by atoms with Crippen LogP contribution in [0.5, 0.6) is 11.5 Å². The summed E-state index contributed by atoms with van der Waals surface area (Å²) in [7, 11) is 1.61. The molecule has 0 fully saturated rings. The highest BCUT2D eigenvalue weighted by Gasteiger charge is 2.10. The second kappa shape index (κ2) is 6.31. The van der Waals surface area contributed by atoms with E-state index in [0.29, 0.717) is 17.2 Å². The first-order valence-corrected chi connectivity index (χ1v) is 6.99. The lowest BCUT2D eigenvalue weighted by Gasteiger charge is -2.01. The molecule has 0 unspecified atom stereocenters. The zero-order valence-corrected chi connectivity index (χ0v) is 12.7. The molecule has 6 nitrogen and oxygen atoms in total. The zero-order chi connectivity index (χ0) is 16.2. The predicted octanol–water partition coefficient (Wildman–Crippen LogP) is 3.59. The van der Waals surface area contributed by atoms with Crippen molar-refractivity contribution in [2.45, 2.75) is 6.92 Å². The molecule has 0 spiro atoms. The van der Waals surface area contributed by atoms with Crippen molar-refractivity contribution in [1.82, 2.24) is 10.2 Å². The van der Waals surface area contributed by atoms with E-state index in [1.54, 1.807) is 32.2 Å². The molecule has 0 atom stereocenters. The number of phenols is 1. The highest BCUT2D eigenvalue weighted by Crippen LogP contribution is 2.25. The summed E-state index contributed by atoms with van der Waals surface area (Å²) < 4.78 is 10.7. The van der Waals surface area contributed by atoms with Gasteiger partial charge in [0.1, 0.15) is 11.5 Å². The van der Waals surface area contributed by atoms with Gasteiger partial charge >= 0.3 is 6.01 Å². The third kappa shape index (κ3) is 3.21. The molecule has 0 saturated heterocycles. The Kier molecular flexibility index (Phi) is 4.05. The van der Waals surface area contributed by atoms with Gasteiger partial charge in [0.2, 0.25) is 5.89 Å². The molecule has 0 radical (unpaired) electrons. The number of phenolic OH excluding ortho intramolecular Hbond substituents is 1. The molecule has 116 valence electrons. The van der Waals surface area contributed by atoms with Gasteiger partial charge in [0, 0.05) is 11.1 Å². The Morgan fingerprint density at radius 3 is 2.52 bits per heavy atom. The molecule has 0 aliphatic rings. The minimum Gasteiger partial charge on any atom is -0.507 e. The van der Waals surface area contributed by atoms with Gasteiger partial charge in [-0.05, 0) is 43.3 Å². The van der Waals surface area contributed by atoms with E-state index in [1.165, 1.54) is 0 Å². The normalized spacial score (nSPS) is 11.5. The van der Waals surface area contributed by atoms with Crippen molar-refractivity contribution in [1.29, 1.82) is 0 Å². The maximum Gasteiger partial charge on any atom is 0.342 e. The third-order valence-electron chi connectivity index (χ3n) is 3.31. The van der Waals surface area contributed by atoms with Gasteiger partial charge in [0.25, 0.3) is 0 Å². The molecule has 1 heterocycles. The maximum absolute atomic E-state index is 9.83. The molecule has 2 aromatic carbocycles. The van der Waals surface area contributed by atoms with E-state index >= 15 is 0 Å². The predicted molar refractivity (Wildman–Crippen MR) is 86.3 cm³/mol. The van der Waals surface area contributed by atoms with Crippen LogP contribution in [0.25, 0.3) is 11.5 Å². The monoisotopic (exact) mass is 309 g/mol. The molecular formula is C17H15N3O3. The Hall–Kier alpha value is -3.15. The van der Waals surface area contributed by atoms with Crippen LogP contribution < -0.4 is 4.74 Å². The van der Waals surface area contributed by atoms with Crippen LogP contribution in [0.3, 0.4) is 0 Å². The van der Waals surface area contributed by atoms with Crippen LogP contribution in [-0.4, -0.2) is 28.1 Å². The quantitative estimate of drug-likeness (QED) is 0.745. The summed E-state index contributed by atoms with van der Waals surface area (Å²) >= 11 is 0. The summed E-state index contributed by atoms with van der Waals surface area (Å²) in [6.07, 6.45) is 0. The first-order valence-electron chi connectivity index (χ1n) is 6.99. The summed E-state index contributed by atoms with van der Waals surface area (Å²) in [5.74, 6) is 1.28. The van der Waals surface area contributed by atoms with Crippen LogP contribution in [0.2, 0.25) is 0 Å². The molecule has 23 heavy (non-hydrogen) atoms. The number of aliphatic imine (C=N–C) groups is 1. The Balaban J connectivity index is 1.86. The van der Waals surface area contributed by atoms with Crippen molar-refractivity contribution in [2.24, 2.45) is 4.99 Å². The number of hydrogen-bond donors (Lipinski definition) is 1. The standard InChI is InChI=1S/C17H15N3O3/c1-11(14-5-3-4-6-15(14)21)18-17-20-19-16(23-17)12-7-9-13(22-2)10-8-12/h3-10,21H,1-2H3. The zero-order valence-electron chi connectivity index (χ0n) is 12.7. The first-order chi connectivity index (χ1) is 11.2. The van der Waals surface area contributed by atoms with E-state index in [2.05, 4.69) is 15.2 Å². The fourth-order valence-corrected chi connectivity index (χ4v) is 2.09. The maximum atomic E-state index is 9.83. The molecule has 0 aliphatic carbocycles. The van der Waals surface area contributed by atoms with Crippen LogP contribution in [-0.2, 0) is 0 Å². The number of rotatable bonds is 4. The average molecular weight is 309 g/mol. The molecular weight excluding hydrogens is 294 g/mol. The molecule has 6 heteroatoms. The highest BCUT2D eigenvalue weighted by atomic mass is 16.5. The van der Waals surface area contributed by atoms with Gasteiger partial charge < -0.3 is 14.3 Å². The van der Waals surface area contributed by atoms with E-state index in [0.717, 1.165) is 11.3 Å². The van der Waals surface area contributed by atoms with Crippen LogP contribution in [0.1, 0.15) is 12.5 Å². The fraction of sp³-hybridized carbons (Fsp3) is 0.118. The lowest BCUT2D eigenvalue weighted by Crippen LogP contribution is -1.94. The molecule has 1 aromatic heterocycles. The molecule has 0 saturated carbocycles. The second-order valence-corrected chi connectivity index (χ2v) is 4.83. The van der Waals surface area contributed by atoms with Gasteiger partial charge in [0.05, 0.1) is 12.8 Å². The summed E-state index contributed by atoms with van der Waals surface area (Å²) in [4.78, 5) is 4.26. The van der Waals surface area contributed by atoms with E-state index in [4.69, 9.17) is 9.15 Å². The summed E-state index contributed by atoms with van der Waals surface area (Å²) in [6.45, 7) is 1.77. The largest absolute Gasteiger partial charge is 0.507 e. The van der Waals surface area contributed by atoms with Gasteiger partial charge in [-0.15, -0.1) is 5.10 Å². The van der Waals surface area contributed by atoms with Crippen molar-refractivity contribution in [2.75, 3.05) is 7.11 Å². The summed E-state index contributed by atoms with van der Waals surface area (Å²) in [5, 5.41) is 17.7. The van der Waals surface area contributed by atoms with Crippen molar-refractivity contribution >= 4 is 11.7 Å². The van der Waals surface area contributed by atoms with Gasteiger partial charge in [-0.25, -0.2) is 0 Å². The van der Waals surface area contributed by atoms with E-state index in [1.807, 2.05) is 30.3 Å². The Bertz CT molecular complexity index is 838. The van der Waals surface area contributed by atoms with Crippen LogP contribution in [0.4, 0.5) is 6.01 Å². The molecule has 0 amide bonds. The van der Waals surface area contributed by atoms with Gasteiger partial charge in [-0.1, -0.05) is 17.2 Å². The molecule has 0 aliphatic heterocycles. The molecule has 1 N–H and O–H groups in total. The number of aromatic hydroxyl groups is 1. The molecule has 3 rings (SSSR count). The van der Waals surface area contributed by atoms with Crippen LogP contribution in [0, 0.1) is 0 Å². The summed E-state index contributed by atoms with van der Waals surface area (Å²) in [5.41, 5.74) is 1.99. The number of para-hydroxylation sites is 1. The van der Waals surface area contributed by atoms with Gasteiger partial charge in [-0.3, -0.25) is 0 Å². The lowest BCUT2D eigenvalue weighted by molar-refractivity contribution is 0.415. The number of ether oxygens (including phenoxy) is 1. The summed E-state index contributed by atoms with van der Waals surface area (Å²) in [6, 6.07) is 14.4. The Morgan fingerprint density at radius 1 is 1.09 bits per heavy atom. The van der Waals surface area contributed by atoms with E-state index in [9.17, 15) is 5.11 Å². The fourth-order valence-electron chi connectivity index (χ4n) is 2.09. The van der Waals surface area contributed by atoms with Gasteiger partial charge in [0.15, 0.2) is 0 Å². The number of aromatic nitrogens is 2. The van der Waals surface area contributed by atoms with Crippen LogP contribution >= 0.6 is 0 Å². The number of benzene rings is 2. The number of nitrogens with zero attached hydrogens (tertiary/aromatic N) is 3.